The average Bonchev–Trinajstić information content (AvgIpc) is 3.54. The summed E-state index contributed by atoms with van der Waals surface area (Å²) < 4.78 is 299. The zero-order valence-corrected chi connectivity index (χ0v) is 29.8. The lowest BCUT2D eigenvalue weighted by Crippen LogP contribution is -2.66. The van der Waals surface area contributed by atoms with E-state index in [1.54, 1.807) is 0 Å². The quantitative estimate of drug-likeness (QED) is 0.0545. The molecule has 5 rings (SSSR count). The summed E-state index contributed by atoms with van der Waals surface area (Å²) in [6, 6.07) is 0. The highest BCUT2D eigenvalue weighted by Crippen LogP contribution is 2.79. The van der Waals surface area contributed by atoms with Gasteiger partial charge in [0, 0.05) is 28.4 Å². The van der Waals surface area contributed by atoms with Crippen molar-refractivity contribution in [2.75, 3.05) is 12.3 Å². The normalized spacial score (nSPS) is 16.9. The Morgan fingerprint density at radius 1 is 0.421 bits per heavy atom. The van der Waals surface area contributed by atoms with Crippen molar-refractivity contribution in [1.29, 1.82) is 0 Å². The van der Waals surface area contributed by atoms with E-state index in [4.69, 9.17) is 0 Å². The summed E-state index contributed by atoms with van der Waals surface area (Å²) in [6.07, 6.45) is -5.73. The van der Waals surface area contributed by atoms with Crippen molar-refractivity contribution in [3.05, 3.63) is 116 Å². The second kappa shape index (κ2) is 15.0. The van der Waals surface area contributed by atoms with E-state index in [0.717, 1.165) is 20.8 Å². The zero-order valence-electron chi connectivity index (χ0n) is 28.9. The number of hydrogen-bond donors (Lipinski definition) is 0. The van der Waals surface area contributed by atoms with Gasteiger partial charge in [0.15, 0.2) is 93.1 Å². The third kappa shape index (κ3) is 6.19. The minimum absolute atomic E-state index is 0.525. The van der Waals surface area contributed by atoms with Crippen molar-refractivity contribution in [3.8, 4) is 0 Å². The minimum Gasteiger partial charge on any atom is -0.207 e. The van der Waals surface area contributed by atoms with Crippen LogP contribution in [0.25, 0.3) is 0 Å². The van der Waals surface area contributed by atoms with Crippen molar-refractivity contribution in [1.82, 2.24) is 0 Å². The van der Waals surface area contributed by atoms with Gasteiger partial charge in [0.25, 0.3) is 0 Å². The molecule has 1 heterocycles. The molecule has 0 radical (unpaired) electrons. The molecule has 1 fully saturated rings. The highest BCUT2D eigenvalue weighted by molar-refractivity contribution is 8.13. The first-order valence-corrected chi connectivity index (χ1v) is 18.6. The number of benzene rings is 4. The Bertz CT molecular complexity index is 2090. The standard InChI is InChI=1S/C34H21B2F20P/c1-34(2,3)57(8-4-6-35(10-14(37)22(45)30(53)23(46)15(10)38)11-16(39)24(47)31(54)25(48)17(11)40)9-5-7-36(57,12-18(41)26(49)32(55)27(50)19(12)42)13-20(43)28(51)33(56)29(52)21(13)44/h4-9H2,1-3H3. The van der Waals surface area contributed by atoms with Gasteiger partial charge in [0.1, 0.15) is 23.3 Å². The van der Waals surface area contributed by atoms with Crippen molar-refractivity contribution in [3.63, 3.8) is 0 Å². The van der Waals surface area contributed by atoms with Gasteiger partial charge in [-0.15, -0.1) is 13.5 Å². The molecule has 0 saturated carbocycles. The molecular formula is C34H21B2F20P. The summed E-state index contributed by atoms with van der Waals surface area (Å²) in [5.74, 6) is -60.0. The molecule has 0 bridgehead atoms. The van der Waals surface area contributed by atoms with E-state index in [2.05, 4.69) is 0 Å². The largest absolute Gasteiger partial charge is 0.233 e. The van der Waals surface area contributed by atoms with E-state index in [9.17, 15) is 52.7 Å². The van der Waals surface area contributed by atoms with Crippen molar-refractivity contribution in [2.45, 2.75) is 51.4 Å². The molecule has 0 spiro atoms. The lowest BCUT2D eigenvalue weighted by atomic mass is 9.35. The maximum absolute atomic E-state index is 16.0. The Hall–Kier alpha value is -3.96. The first kappa shape index (κ1) is 44.1. The van der Waals surface area contributed by atoms with Gasteiger partial charge in [-0.2, -0.15) is 0 Å². The Balaban J connectivity index is 1.86. The van der Waals surface area contributed by atoms with Crippen LogP contribution >= 0.6 is 7.14 Å². The number of halogens is 20. The first-order chi connectivity index (χ1) is 26.3. The molecule has 0 aliphatic carbocycles. The average molecular weight is 862 g/mol. The van der Waals surface area contributed by atoms with Crippen LogP contribution in [0.3, 0.4) is 0 Å². The van der Waals surface area contributed by atoms with Crippen LogP contribution in [0, 0.1) is 116 Å². The van der Waals surface area contributed by atoms with Gasteiger partial charge in [0.2, 0.25) is 12.6 Å². The monoisotopic (exact) mass is 862 g/mol. The highest BCUT2D eigenvalue weighted by Gasteiger charge is 2.66. The molecule has 1 unspecified atom stereocenters. The van der Waals surface area contributed by atoms with E-state index in [1.807, 2.05) is 0 Å². The van der Waals surface area contributed by atoms with Gasteiger partial charge in [-0.1, -0.05) is 23.7 Å². The molecular weight excluding hydrogens is 841 g/mol. The van der Waals surface area contributed by atoms with Crippen molar-refractivity contribution < 1.29 is 87.8 Å². The maximum atomic E-state index is 16.0. The summed E-state index contributed by atoms with van der Waals surface area (Å²) in [5, 5.41) is -1.77. The fraction of sp³-hybridized carbons (Fsp3) is 0.294. The first-order valence-electron chi connectivity index (χ1n) is 16.4. The molecule has 308 valence electrons. The lowest BCUT2D eigenvalue weighted by molar-refractivity contribution is 0.381. The van der Waals surface area contributed by atoms with Gasteiger partial charge < -0.3 is 0 Å². The van der Waals surface area contributed by atoms with E-state index in [1.165, 1.54) is 0 Å². The van der Waals surface area contributed by atoms with E-state index in [0.29, 0.717) is 0 Å². The van der Waals surface area contributed by atoms with Crippen LogP contribution in [0.4, 0.5) is 87.8 Å². The molecule has 1 aliphatic heterocycles. The molecule has 4 aromatic carbocycles. The molecule has 0 N–H and O–H groups in total. The number of hydrogen-bond acceptors (Lipinski definition) is 0. The predicted molar refractivity (Wildman–Crippen MR) is 170 cm³/mol. The molecule has 0 amide bonds. The molecule has 4 aromatic rings. The van der Waals surface area contributed by atoms with Gasteiger partial charge in [0.05, 0.1) is 0 Å². The van der Waals surface area contributed by atoms with Crippen LogP contribution in [-0.2, 0) is 0 Å². The third-order valence-corrected chi connectivity index (χ3v) is 18.4. The zero-order chi connectivity index (χ0) is 43.2. The molecule has 1 saturated heterocycles. The molecule has 1 atom stereocenters. The van der Waals surface area contributed by atoms with Crippen molar-refractivity contribution >= 4 is 41.6 Å². The van der Waals surface area contributed by atoms with E-state index >= 15 is 35.1 Å². The highest BCUT2D eigenvalue weighted by atomic mass is 31.2. The maximum Gasteiger partial charge on any atom is 0.233 e. The Morgan fingerprint density at radius 3 is 0.965 bits per heavy atom. The Kier molecular flexibility index (Phi) is 11.6. The second-order valence-corrected chi connectivity index (χ2v) is 19.6. The van der Waals surface area contributed by atoms with Crippen LogP contribution in [-0.4, -0.2) is 30.1 Å². The smallest absolute Gasteiger partial charge is 0.207 e. The lowest BCUT2D eigenvalue weighted by Gasteiger charge is -2.55. The summed E-state index contributed by atoms with van der Waals surface area (Å²) in [5.41, 5.74) is -8.35. The van der Waals surface area contributed by atoms with E-state index in [-0.39, 0.29) is 0 Å². The summed E-state index contributed by atoms with van der Waals surface area (Å²) in [4.78, 5) is 0. The number of rotatable bonds is 8. The van der Waals surface area contributed by atoms with Crippen LogP contribution in [0.2, 0.25) is 12.6 Å². The topological polar surface area (TPSA) is 0 Å². The van der Waals surface area contributed by atoms with Crippen LogP contribution in [0.1, 0.15) is 33.6 Å². The fourth-order valence-corrected chi connectivity index (χ4v) is 16.1. The predicted octanol–water partition coefficient (Wildman–Crippen LogP) is 9.45. The summed E-state index contributed by atoms with van der Waals surface area (Å²) in [6.45, 7) is 0.386. The van der Waals surface area contributed by atoms with Crippen molar-refractivity contribution in [2.24, 2.45) is 0 Å². The SMILES string of the molecule is CC(C)(C)[P+]1(CCCB(c2c(F)c(F)c(F)c(F)c2F)c2c(F)c(F)c(F)c(F)c2F)CCC[B-]1(c1c(F)c(F)c(F)c(F)c1F)c1c(F)c(F)c(F)c(F)c1F. The van der Waals surface area contributed by atoms with E-state index < -0.39 is 201 Å². The second-order valence-electron chi connectivity index (χ2n) is 14.4. The van der Waals surface area contributed by atoms with Gasteiger partial charge in [-0.3, -0.25) is 0 Å². The van der Waals surface area contributed by atoms with Gasteiger partial charge in [-0.05, 0) is 27.2 Å². The van der Waals surface area contributed by atoms with Crippen LogP contribution < -0.4 is 21.9 Å². The summed E-state index contributed by atoms with van der Waals surface area (Å²) >= 11 is 0. The van der Waals surface area contributed by atoms with Gasteiger partial charge in [-0.25, -0.2) is 87.8 Å². The van der Waals surface area contributed by atoms with Crippen LogP contribution in [0.15, 0.2) is 0 Å². The molecule has 23 heteroatoms. The molecule has 1 aliphatic rings. The third-order valence-electron chi connectivity index (χ3n) is 11.0. The molecule has 0 aromatic heterocycles. The molecule has 0 nitrogen and oxygen atoms in total. The van der Waals surface area contributed by atoms with Crippen LogP contribution in [0.5, 0.6) is 0 Å². The molecule has 57 heavy (non-hydrogen) atoms. The minimum atomic E-state index is -4.48. The Labute approximate surface area is 309 Å². The fourth-order valence-electron chi connectivity index (χ4n) is 8.68. The van der Waals surface area contributed by atoms with Gasteiger partial charge >= 0.3 is 0 Å². The Morgan fingerprint density at radius 2 is 0.684 bits per heavy atom. The summed E-state index contributed by atoms with van der Waals surface area (Å²) in [7, 11) is -4.37.